The average Bonchev–Trinajstić information content (AvgIpc) is 3.14. The quantitative estimate of drug-likeness (QED) is 0.747. The van der Waals surface area contributed by atoms with E-state index in [9.17, 15) is 4.79 Å². The van der Waals surface area contributed by atoms with E-state index < -0.39 is 0 Å². The van der Waals surface area contributed by atoms with Crippen LogP contribution in [0.2, 0.25) is 0 Å². The number of benzene rings is 1. The van der Waals surface area contributed by atoms with Crippen molar-refractivity contribution in [2.24, 2.45) is 0 Å². The number of rotatable bonds is 7. The smallest absolute Gasteiger partial charge is 0.236 e. The first-order valence-electron chi connectivity index (χ1n) is 9.38. The summed E-state index contributed by atoms with van der Waals surface area (Å²) in [5.41, 5.74) is 1.94. The van der Waals surface area contributed by atoms with E-state index in [0.29, 0.717) is 6.54 Å². The van der Waals surface area contributed by atoms with E-state index in [4.69, 9.17) is 0 Å². The summed E-state index contributed by atoms with van der Waals surface area (Å²) < 4.78 is 0. The maximum atomic E-state index is 12.2. The number of amides is 1. The third-order valence-corrected chi connectivity index (χ3v) is 4.85. The van der Waals surface area contributed by atoms with Crippen LogP contribution in [0.5, 0.6) is 0 Å². The molecule has 7 heteroatoms. The lowest BCUT2D eigenvalue weighted by molar-refractivity contribution is -0.132. The molecule has 0 N–H and O–H groups in total. The number of para-hydroxylation sites is 1. The average molecular weight is 356 g/mol. The molecule has 1 amide bonds. The van der Waals surface area contributed by atoms with E-state index in [1.807, 2.05) is 55.3 Å². The highest BCUT2D eigenvalue weighted by molar-refractivity contribution is 5.78. The van der Waals surface area contributed by atoms with Crippen LogP contribution in [0.4, 0.5) is 0 Å². The van der Waals surface area contributed by atoms with Crippen LogP contribution in [0.3, 0.4) is 0 Å². The van der Waals surface area contributed by atoms with Gasteiger partial charge in [-0.05, 0) is 26.0 Å². The summed E-state index contributed by atoms with van der Waals surface area (Å²) in [6.45, 7) is 10.7. The molecule has 1 aliphatic heterocycles. The van der Waals surface area contributed by atoms with Crippen LogP contribution < -0.4 is 0 Å². The van der Waals surface area contributed by atoms with Crippen LogP contribution in [0.1, 0.15) is 19.5 Å². The van der Waals surface area contributed by atoms with Crippen molar-refractivity contribution in [3.8, 4) is 5.69 Å². The van der Waals surface area contributed by atoms with Crippen molar-refractivity contribution in [3.63, 3.8) is 0 Å². The maximum Gasteiger partial charge on any atom is 0.236 e. The van der Waals surface area contributed by atoms with Crippen LogP contribution in [0.25, 0.3) is 5.69 Å². The molecule has 1 aromatic carbocycles. The monoisotopic (exact) mass is 356 g/mol. The number of carbonyl (C=O) groups is 1. The number of hydrogen-bond acceptors (Lipinski definition) is 5. The highest BCUT2D eigenvalue weighted by Gasteiger charge is 2.21. The van der Waals surface area contributed by atoms with Gasteiger partial charge >= 0.3 is 0 Å². The molecule has 1 fully saturated rings. The predicted octanol–water partition coefficient (Wildman–Crippen LogP) is 1.25. The van der Waals surface area contributed by atoms with Gasteiger partial charge in [0.05, 0.1) is 24.1 Å². The summed E-state index contributed by atoms with van der Waals surface area (Å²) in [4.78, 5) is 20.4. The molecule has 0 radical (unpaired) electrons. The highest BCUT2D eigenvalue weighted by atomic mass is 16.2. The van der Waals surface area contributed by atoms with Crippen LogP contribution in [0, 0.1) is 0 Å². The SMILES string of the molecule is CCN(CC)C(=O)CN1CCN(Cc2cnn(-c3ccccc3)n2)CC1. The minimum Gasteiger partial charge on any atom is -0.342 e. The van der Waals surface area contributed by atoms with Crippen LogP contribution >= 0.6 is 0 Å². The van der Waals surface area contributed by atoms with Crippen molar-refractivity contribution in [2.45, 2.75) is 20.4 Å². The lowest BCUT2D eigenvalue weighted by Gasteiger charge is -2.34. The second kappa shape index (κ2) is 8.91. The van der Waals surface area contributed by atoms with E-state index in [1.165, 1.54) is 0 Å². The zero-order valence-electron chi connectivity index (χ0n) is 15.7. The van der Waals surface area contributed by atoms with Gasteiger partial charge in [-0.1, -0.05) is 18.2 Å². The molecule has 0 saturated carbocycles. The Bertz CT molecular complexity index is 689. The lowest BCUT2D eigenvalue weighted by Crippen LogP contribution is -2.49. The van der Waals surface area contributed by atoms with Crippen molar-refractivity contribution >= 4 is 5.91 Å². The van der Waals surface area contributed by atoms with Crippen LogP contribution in [-0.2, 0) is 11.3 Å². The van der Waals surface area contributed by atoms with Crippen molar-refractivity contribution in [1.82, 2.24) is 29.7 Å². The van der Waals surface area contributed by atoms with E-state index in [-0.39, 0.29) is 5.91 Å². The fourth-order valence-electron chi connectivity index (χ4n) is 3.26. The Labute approximate surface area is 155 Å². The molecule has 1 aliphatic rings. The summed E-state index contributed by atoms with van der Waals surface area (Å²) in [6.07, 6.45) is 1.84. The molecular weight excluding hydrogens is 328 g/mol. The van der Waals surface area contributed by atoms with Gasteiger partial charge in [-0.2, -0.15) is 15.0 Å². The molecule has 2 aromatic rings. The first-order chi connectivity index (χ1) is 12.7. The Hall–Kier alpha value is -2.25. The topological polar surface area (TPSA) is 57.5 Å². The van der Waals surface area contributed by atoms with E-state index in [2.05, 4.69) is 20.0 Å². The molecule has 2 heterocycles. The fraction of sp³-hybridized carbons (Fsp3) is 0.526. The molecule has 0 aliphatic carbocycles. The normalized spacial score (nSPS) is 15.9. The van der Waals surface area contributed by atoms with Gasteiger partial charge in [0, 0.05) is 45.8 Å². The van der Waals surface area contributed by atoms with E-state index in [1.54, 1.807) is 4.80 Å². The zero-order valence-corrected chi connectivity index (χ0v) is 15.7. The van der Waals surface area contributed by atoms with Crippen LogP contribution in [0.15, 0.2) is 36.5 Å². The molecule has 0 bridgehead atoms. The molecule has 7 nitrogen and oxygen atoms in total. The van der Waals surface area contributed by atoms with Gasteiger partial charge in [0.2, 0.25) is 5.91 Å². The number of piperazine rings is 1. The number of likely N-dealkylation sites (N-methyl/N-ethyl adjacent to an activating group) is 1. The minimum atomic E-state index is 0.231. The van der Waals surface area contributed by atoms with Gasteiger partial charge in [-0.25, -0.2) is 0 Å². The summed E-state index contributed by atoms with van der Waals surface area (Å²) in [7, 11) is 0. The van der Waals surface area contributed by atoms with Gasteiger partial charge in [0.15, 0.2) is 0 Å². The van der Waals surface area contributed by atoms with Gasteiger partial charge < -0.3 is 4.90 Å². The summed E-state index contributed by atoms with van der Waals surface area (Å²) >= 11 is 0. The van der Waals surface area contributed by atoms with Crippen molar-refractivity contribution in [3.05, 3.63) is 42.2 Å². The van der Waals surface area contributed by atoms with Crippen molar-refractivity contribution in [1.29, 1.82) is 0 Å². The summed E-state index contributed by atoms with van der Waals surface area (Å²) in [6, 6.07) is 9.94. The van der Waals surface area contributed by atoms with Crippen molar-refractivity contribution < 1.29 is 4.79 Å². The molecular formula is C19H28N6O. The molecule has 0 atom stereocenters. The highest BCUT2D eigenvalue weighted by Crippen LogP contribution is 2.09. The Morgan fingerprint density at radius 3 is 2.35 bits per heavy atom. The molecule has 26 heavy (non-hydrogen) atoms. The number of aromatic nitrogens is 3. The molecule has 140 valence electrons. The van der Waals surface area contributed by atoms with Gasteiger partial charge in [0.25, 0.3) is 0 Å². The number of hydrogen-bond donors (Lipinski definition) is 0. The standard InChI is InChI=1S/C19H28N6O/c1-3-24(4-2)19(26)16-23-12-10-22(11-13-23)15-17-14-20-25(21-17)18-8-6-5-7-9-18/h5-9,14H,3-4,10-13,15-16H2,1-2H3. The zero-order chi connectivity index (χ0) is 18.4. The Kier molecular flexibility index (Phi) is 6.35. The van der Waals surface area contributed by atoms with Crippen LogP contribution in [-0.4, -0.2) is 81.4 Å². The minimum absolute atomic E-state index is 0.231. The van der Waals surface area contributed by atoms with Crippen molar-refractivity contribution in [2.75, 3.05) is 45.8 Å². The van der Waals surface area contributed by atoms with E-state index in [0.717, 1.165) is 57.2 Å². The Morgan fingerprint density at radius 1 is 1.04 bits per heavy atom. The Balaban J connectivity index is 1.47. The van der Waals surface area contributed by atoms with Gasteiger partial charge in [-0.15, -0.1) is 0 Å². The van der Waals surface area contributed by atoms with Gasteiger partial charge in [-0.3, -0.25) is 14.6 Å². The first-order valence-corrected chi connectivity index (χ1v) is 9.38. The fourth-order valence-corrected chi connectivity index (χ4v) is 3.26. The second-order valence-electron chi connectivity index (χ2n) is 6.58. The van der Waals surface area contributed by atoms with Gasteiger partial charge in [0.1, 0.15) is 0 Å². The molecule has 1 aromatic heterocycles. The lowest BCUT2D eigenvalue weighted by atomic mass is 10.3. The molecule has 0 spiro atoms. The Morgan fingerprint density at radius 2 is 1.69 bits per heavy atom. The third kappa shape index (κ3) is 4.68. The first kappa shape index (κ1) is 18.5. The predicted molar refractivity (Wildman–Crippen MR) is 101 cm³/mol. The third-order valence-electron chi connectivity index (χ3n) is 4.85. The van der Waals surface area contributed by atoms with E-state index >= 15 is 0 Å². The second-order valence-corrected chi connectivity index (χ2v) is 6.58. The number of nitrogens with zero attached hydrogens (tertiary/aromatic N) is 6. The molecule has 3 rings (SSSR count). The number of carbonyl (C=O) groups excluding carboxylic acids is 1. The molecule has 1 saturated heterocycles. The maximum absolute atomic E-state index is 12.2. The largest absolute Gasteiger partial charge is 0.342 e. The molecule has 0 unspecified atom stereocenters. The summed E-state index contributed by atoms with van der Waals surface area (Å²) in [5, 5.41) is 8.94. The summed E-state index contributed by atoms with van der Waals surface area (Å²) in [5.74, 6) is 0.231.